The maximum atomic E-state index is 12.9. The Morgan fingerprint density at radius 3 is 2.79 bits per heavy atom. The van der Waals surface area contributed by atoms with E-state index in [1.807, 2.05) is 23.1 Å². The zero-order valence-electron chi connectivity index (χ0n) is 13.4. The van der Waals surface area contributed by atoms with Gasteiger partial charge < -0.3 is 15.4 Å². The molecule has 1 aromatic carbocycles. The number of hydrogen-bond acceptors (Lipinski definition) is 5. The molecule has 1 aliphatic rings. The van der Waals surface area contributed by atoms with E-state index in [1.165, 1.54) is 16.9 Å². The van der Waals surface area contributed by atoms with E-state index in [1.54, 1.807) is 5.38 Å². The monoisotopic (exact) mass is 367 g/mol. The Bertz CT molecular complexity index is 644. The number of thiazole rings is 1. The van der Waals surface area contributed by atoms with Gasteiger partial charge in [0.15, 0.2) is 0 Å². The molecule has 24 heavy (non-hydrogen) atoms. The molecule has 5 nitrogen and oxygen atoms in total. The second-order valence-corrected chi connectivity index (χ2v) is 6.52. The molecule has 0 saturated carbocycles. The second-order valence-electron chi connectivity index (χ2n) is 5.58. The predicted octanol–water partition coefficient (Wildman–Crippen LogP) is 2.50. The average Bonchev–Trinajstić information content (AvgIpc) is 3.27. The van der Waals surface area contributed by atoms with Crippen molar-refractivity contribution in [1.82, 2.24) is 9.88 Å². The minimum atomic E-state index is -0.0209. The summed E-state index contributed by atoms with van der Waals surface area (Å²) in [7, 11) is 0. The highest BCUT2D eigenvalue weighted by Crippen LogP contribution is 2.18. The summed E-state index contributed by atoms with van der Waals surface area (Å²) in [5.41, 5.74) is 7.32. The number of benzene rings is 1. The van der Waals surface area contributed by atoms with Gasteiger partial charge in [-0.25, -0.2) is 4.98 Å². The van der Waals surface area contributed by atoms with Crippen LogP contribution in [0.3, 0.4) is 0 Å². The topological polar surface area (TPSA) is 68.5 Å². The van der Waals surface area contributed by atoms with E-state index in [0.717, 1.165) is 17.8 Å². The van der Waals surface area contributed by atoms with E-state index in [9.17, 15) is 4.79 Å². The molecule has 1 fully saturated rings. The van der Waals surface area contributed by atoms with E-state index < -0.39 is 0 Å². The second kappa shape index (κ2) is 9.13. The lowest BCUT2D eigenvalue weighted by Crippen LogP contribution is -2.42. The van der Waals surface area contributed by atoms with E-state index in [2.05, 4.69) is 17.1 Å². The van der Waals surface area contributed by atoms with Gasteiger partial charge in [-0.3, -0.25) is 4.79 Å². The smallest absolute Gasteiger partial charge is 0.273 e. The standard InChI is InChI=1S/C17H21N3O2S.ClH/c18-10-16-19-15(12-23-16)17(21)20(14-7-9-22-11-14)8-6-13-4-2-1-3-5-13;/h1-5,12,14H,6-11,18H2;1H. The van der Waals surface area contributed by atoms with Gasteiger partial charge in [0.25, 0.3) is 5.91 Å². The van der Waals surface area contributed by atoms with E-state index in [4.69, 9.17) is 10.5 Å². The summed E-state index contributed by atoms with van der Waals surface area (Å²) in [4.78, 5) is 19.1. The Morgan fingerprint density at radius 1 is 1.38 bits per heavy atom. The highest BCUT2D eigenvalue weighted by Gasteiger charge is 2.29. The third kappa shape index (κ3) is 4.54. The molecule has 1 unspecified atom stereocenters. The lowest BCUT2D eigenvalue weighted by molar-refractivity contribution is 0.0651. The zero-order chi connectivity index (χ0) is 16.1. The van der Waals surface area contributed by atoms with Gasteiger partial charge in [0.05, 0.1) is 12.6 Å². The number of nitrogens with two attached hydrogens (primary N) is 1. The fourth-order valence-corrected chi connectivity index (χ4v) is 3.41. The first-order valence-electron chi connectivity index (χ1n) is 7.85. The van der Waals surface area contributed by atoms with Crippen molar-refractivity contribution < 1.29 is 9.53 Å². The number of carbonyl (C=O) groups is 1. The normalized spacial score (nSPS) is 16.6. The van der Waals surface area contributed by atoms with Gasteiger partial charge in [0.2, 0.25) is 0 Å². The lowest BCUT2D eigenvalue weighted by Gasteiger charge is -2.27. The number of amides is 1. The van der Waals surface area contributed by atoms with Crippen LogP contribution in [0.15, 0.2) is 35.7 Å². The fourth-order valence-electron chi connectivity index (χ4n) is 2.76. The van der Waals surface area contributed by atoms with Crippen LogP contribution in [0.5, 0.6) is 0 Å². The SMILES string of the molecule is Cl.NCc1nc(C(=O)N(CCc2ccccc2)C2CCOC2)cs1. The molecule has 130 valence electrons. The summed E-state index contributed by atoms with van der Waals surface area (Å²) in [6.45, 7) is 2.36. The maximum absolute atomic E-state index is 12.9. The molecule has 3 rings (SSSR count). The van der Waals surface area contributed by atoms with Crippen molar-refractivity contribution in [3.8, 4) is 0 Å². The molecule has 1 aliphatic heterocycles. The van der Waals surface area contributed by atoms with Gasteiger partial charge in [-0.1, -0.05) is 30.3 Å². The number of carbonyl (C=O) groups excluding carboxylic acids is 1. The molecule has 1 aromatic heterocycles. The Morgan fingerprint density at radius 2 is 2.17 bits per heavy atom. The minimum absolute atomic E-state index is 0. The molecule has 2 aromatic rings. The van der Waals surface area contributed by atoms with Crippen LogP contribution in [0.25, 0.3) is 0 Å². The molecule has 1 amide bonds. The average molecular weight is 368 g/mol. The Hall–Kier alpha value is -1.47. The van der Waals surface area contributed by atoms with Gasteiger partial charge in [-0.15, -0.1) is 23.7 Å². The Labute approximate surface area is 152 Å². The first-order chi connectivity index (χ1) is 11.3. The molecular weight excluding hydrogens is 346 g/mol. The molecule has 7 heteroatoms. The van der Waals surface area contributed by atoms with Crippen LogP contribution in [0.4, 0.5) is 0 Å². The Balaban J connectivity index is 0.00000208. The number of aromatic nitrogens is 1. The maximum Gasteiger partial charge on any atom is 0.273 e. The summed E-state index contributed by atoms with van der Waals surface area (Å²) in [5, 5.41) is 2.59. The van der Waals surface area contributed by atoms with Gasteiger partial charge in [-0.05, 0) is 18.4 Å². The molecule has 1 saturated heterocycles. The fraction of sp³-hybridized carbons (Fsp3) is 0.412. The first-order valence-corrected chi connectivity index (χ1v) is 8.73. The van der Waals surface area contributed by atoms with Crippen molar-refractivity contribution in [2.45, 2.75) is 25.4 Å². The van der Waals surface area contributed by atoms with Crippen molar-refractivity contribution >= 4 is 29.7 Å². The van der Waals surface area contributed by atoms with Crippen LogP contribution in [0, 0.1) is 0 Å². The van der Waals surface area contributed by atoms with Gasteiger partial charge in [0.1, 0.15) is 10.7 Å². The number of nitrogens with zero attached hydrogens (tertiary/aromatic N) is 2. The molecular formula is C17H22ClN3O2S. The van der Waals surface area contributed by atoms with Crippen molar-refractivity contribution in [2.24, 2.45) is 5.73 Å². The summed E-state index contributed by atoms with van der Waals surface area (Å²) >= 11 is 1.44. The van der Waals surface area contributed by atoms with Crippen molar-refractivity contribution in [1.29, 1.82) is 0 Å². The largest absolute Gasteiger partial charge is 0.379 e. The summed E-state index contributed by atoms with van der Waals surface area (Å²) in [6.07, 6.45) is 1.71. The molecule has 2 N–H and O–H groups in total. The van der Waals surface area contributed by atoms with E-state index >= 15 is 0 Å². The minimum Gasteiger partial charge on any atom is -0.379 e. The van der Waals surface area contributed by atoms with Crippen LogP contribution in [0.2, 0.25) is 0 Å². The highest BCUT2D eigenvalue weighted by atomic mass is 35.5. The molecule has 2 heterocycles. The van der Waals surface area contributed by atoms with Crippen LogP contribution in [-0.2, 0) is 17.7 Å². The van der Waals surface area contributed by atoms with Crippen LogP contribution < -0.4 is 5.73 Å². The van der Waals surface area contributed by atoms with Crippen LogP contribution in [-0.4, -0.2) is 41.6 Å². The third-order valence-electron chi connectivity index (χ3n) is 4.04. The predicted molar refractivity (Wildman–Crippen MR) is 97.7 cm³/mol. The molecule has 0 aliphatic carbocycles. The number of ether oxygens (including phenoxy) is 1. The number of rotatable bonds is 6. The van der Waals surface area contributed by atoms with Crippen molar-refractivity contribution in [3.63, 3.8) is 0 Å². The number of hydrogen-bond donors (Lipinski definition) is 1. The van der Waals surface area contributed by atoms with Crippen molar-refractivity contribution in [3.05, 3.63) is 52.0 Å². The lowest BCUT2D eigenvalue weighted by atomic mass is 10.1. The highest BCUT2D eigenvalue weighted by molar-refractivity contribution is 7.09. The van der Waals surface area contributed by atoms with E-state index in [-0.39, 0.29) is 24.4 Å². The van der Waals surface area contributed by atoms with Crippen molar-refractivity contribution in [2.75, 3.05) is 19.8 Å². The number of halogens is 1. The Kier molecular flexibility index (Phi) is 7.17. The van der Waals surface area contributed by atoms with Gasteiger partial charge >= 0.3 is 0 Å². The van der Waals surface area contributed by atoms with E-state index in [0.29, 0.717) is 32.0 Å². The molecule has 1 atom stereocenters. The molecule has 0 spiro atoms. The van der Waals surface area contributed by atoms with Crippen LogP contribution in [0.1, 0.15) is 27.5 Å². The first kappa shape index (κ1) is 18.9. The quantitative estimate of drug-likeness (QED) is 0.851. The third-order valence-corrected chi connectivity index (χ3v) is 4.91. The summed E-state index contributed by atoms with van der Waals surface area (Å²) in [6, 6.07) is 10.4. The summed E-state index contributed by atoms with van der Waals surface area (Å²) < 4.78 is 5.47. The molecule has 0 radical (unpaired) electrons. The van der Waals surface area contributed by atoms with Gasteiger partial charge in [0, 0.05) is 25.1 Å². The van der Waals surface area contributed by atoms with Gasteiger partial charge in [-0.2, -0.15) is 0 Å². The molecule has 0 bridgehead atoms. The van der Waals surface area contributed by atoms with Crippen LogP contribution >= 0.6 is 23.7 Å². The summed E-state index contributed by atoms with van der Waals surface area (Å²) in [5.74, 6) is -0.0209. The zero-order valence-corrected chi connectivity index (χ0v) is 15.0.